The quantitative estimate of drug-likeness (QED) is 0.812. The molecule has 21 heavy (non-hydrogen) atoms. The largest absolute Gasteiger partial charge is 0.497 e. The molecule has 1 aromatic heterocycles. The van der Waals surface area contributed by atoms with Crippen LogP contribution in [0.1, 0.15) is 12.0 Å². The fourth-order valence-electron chi connectivity index (χ4n) is 1.94. The van der Waals surface area contributed by atoms with Crippen molar-refractivity contribution in [2.24, 2.45) is 7.05 Å². The third-order valence-electron chi connectivity index (χ3n) is 3.19. The van der Waals surface area contributed by atoms with E-state index in [2.05, 4.69) is 38.5 Å². The number of hydrogen-bond acceptors (Lipinski definition) is 4. The molecule has 0 aliphatic heterocycles. The van der Waals surface area contributed by atoms with Gasteiger partial charge in [0.25, 0.3) is 5.56 Å². The maximum atomic E-state index is 11.7. The van der Waals surface area contributed by atoms with Crippen LogP contribution in [0.25, 0.3) is 0 Å². The molecule has 0 aliphatic carbocycles. The lowest BCUT2D eigenvalue weighted by atomic mass is 10.1. The van der Waals surface area contributed by atoms with Crippen LogP contribution >= 0.6 is 15.9 Å². The normalized spacial score (nSPS) is 10.4. The highest BCUT2D eigenvalue weighted by Crippen LogP contribution is 2.16. The lowest BCUT2D eigenvalue weighted by Gasteiger charge is -2.09. The molecule has 5 nitrogen and oxygen atoms in total. The summed E-state index contributed by atoms with van der Waals surface area (Å²) in [7, 11) is 3.29. The van der Waals surface area contributed by atoms with Gasteiger partial charge in [-0.1, -0.05) is 12.1 Å². The summed E-state index contributed by atoms with van der Waals surface area (Å²) >= 11 is 3.29. The van der Waals surface area contributed by atoms with Gasteiger partial charge in [0.05, 0.1) is 19.0 Å². The summed E-state index contributed by atoms with van der Waals surface area (Å²) in [6, 6.07) is 8.05. The van der Waals surface area contributed by atoms with Gasteiger partial charge in [-0.3, -0.25) is 4.79 Å². The van der Waals surface area contributed by atoms with Crippen LogP contribution in [0.15, 0.2) is 39.7 Å². The lowest BCUT2D eigenvalue weighted by Crippen LogP contribution is -2.21. The van der Waals surface area contributed by atoms with Crippen molar-refractivity contribution in [2.45, 2.75) is 12.8 Å². The van der Waals surface area contributed by atoms with E-state index in [0.717, 1.165) is 30.8 Å². The highest BCUT2D eigenvalue weighted by molar-refractivity contribution is 9.10. The summed E-state index contributed by atoms with van der Waals surface area (Å²) in [6.45, 7) is 0.777. The molecule has 1 aromatic carbocycles. The molecule has 1 heterocycles. The van der Waals surface area contributed by atoms with E-state index in [9.17, 15) is 4.79 Å². The van der Waals surface area contributed by atoms with Crippen LogP contribution < -0.4 is 15.6 Å². The summed E-state index contributed by atoms with van der Waals surface area (Å²) in [5, 5.41) is 7.22. The van der Waals surface area contributed by atoms with Gasteiger partial charge < -0.3 is 10.1 Å². The van der Waals surface area contributed by atoms with Gasteiger partial charge in [-0.2, -0.15) is 5.10 Å². The van der Waals surface area contributed by atoms with Gasteiger partial charge in [-0.05, 0) is 46.5 Å². The first-order chi connectivity index (χ1) is 10.1. The van der Waals surface area contributed by atoms with Crippen LogP contribution in [0.4, 0.5) is 5.69 Å². The van der Waals surface area contributed by atoms with Crippen molar-refractivity contribution in [3.8, 4) is 5.75 Å². The molecule has 0 bridgehead atoms. The number of anilines is 1. The number of nitrogens with one attached hydrogen (secondary N) is 1. The molecular weight excluding hydrogens is 334 g/mol. The topological polar surface area (TPSA) is 56.1 Å². The molecule has 0 amide bonds. The number of aromatic nitrogens is 2. The van der Waals surface area contributed by atoms with Crippen molar-refractivity contribution >= 4 is 21.6 Å². The molecule has 0 radical (unpaired) electrons. The SMILES string of the molecule is COc1ccc(CCCNc2cnn(C)c(=O)c2Br)cc1. The second kappa shape index (κ2) is 7.26. The Morgan fingerprint density at radius 1 is 1.33 bits per heavy atom. The zero-order valence-electron chi connectivity index (χ0n) is 12.1. The Hall–Kier alpha value is -1.82. The zero-order valence-corrected chi connectivity index (χ0v) is 13.7. The minimum atomic E-state index is -0.143. The van der Waals surface area contributed by atoms with Crippen LogP contribution in [0.2, 0.25) is 0 Å². The number of nitrogens with zero attached hydrogens (tertiary/aromatic N) is 2. The first-order valence-electron chi connectivity index (χ1n) is 6.70. The van der Waals surface area contributed by atoms with E-state index >= 15 is 0 Å². The second-order valence-corrected chi connectivity index (χ2v) is 5.47. The molecule has 1 N–H and O–H groups in total. The zero-order chi connectivity index (χ0) is 15.2. The first kappa shape index (κ1) is 15.6. The molecule has 6 heteroatoms. The molecule has 0 atom stereocenters. The van der Waals surface area contributed by atoms with Gasteiger partial charge in [0.2, 0.25) is 0 Å². The number of ether oxygens (including phenoxy) is 1. The molecule has 0 saturated carbocycles. The standard InChI is InChI=1S/C15H18BrN3O2/c1-19-15(20)14(16)13(10-18-19)17-9-3-4-11-5-7-12(21-2)8-6-11/h5-8,10,17H,3-4,9H2,1-2H3. The van der Waals surface area contributed by atoms with Crippen LogP contribution in [0.3, 0.4) is 0 Å². The summed E-state index contributed by atoms with van der Waals surface area (Å²) in [5.41, 5.74) is 1.85. The summed E-state index contributed by atoms with van der Waals surface area (Å²) in [5.74, 6) is 0.868. The molecular formula is C15H18BrN3O2. The summed E-state index contributed by atoms with van der Waals surface area (Å²) in [4.78, 5) is 11.7. The van der Waals surface area contributed by atoms with Crippen LogP contribution in [0, 0.1) is 0 Å². The number of halogens is 1. The lowest BCUT2D eigenvalue weighted by molar-refractivity contribution is 0.414. The van der Waals surface area contributed by atoms with E-state index < -0.39 is 0 Å². The van der Waals surface area contributed by atoms with E-state index in [1.54, 1.807) is 20.4 Å². The van der Waals surface area contributed by atoms with Crippen LogP contribution in [-0.2, 0) is 13.5 Å². The van der Waals surface area contributed by atoms with Gasteiger partial charge in [-0.25, -0.2) is 4.68 Å². The molecule has 0 fully saturated rings. The minimum absolute atomic E-state index is 0.143. The number of methoxy groups -OCH3 is 1. The van der Waals surface area contributed by atoms with E-state index in [4.69, 9.17) is 4.74 Å². The Morgan fingerprint density at radius 3 is 2.71 bits per heavy atom. The Balaban J connectivity index is 1.84. The average Bonchev–Trinajstić information content (AvgIpc) is 2.51. The number of rotatable bonds is 6. The van der Waals surface area contributed by atoms with E-state index in [1.807, 2.05) is 12.1 Å². The second-order valence-electron chi connectivity index (χ2n) is 4.68. The van der Waals surface area contributed by atoms with E-state index in [0.29, 0.717) is 4.47 Å². The van der Waals surface area contributed by atoms with Crippen LogP contribution in [-0.4, -0.2) is 23.4 Å². The van der Waals surface area contributed by atoms with Gasteiger partial charge >= 0.3 is 0 Å². The Labute approximate surface area is 132 Å². The van der Waals surface area contributed by atoms with Gasteiger partial charge in [0, 0.05) is 13.6 Å². The molecule has 0 saturated heterocycles. The van der Waals surface area contributed by atoms with Crippen molar-refractivity contribution < 1.29 is 4.74 Å². The fraction of sp³-hybridized carbons (Fsp3) is 0.333. The molecule has 2 aromatic rings. The Kier molecular flexibility index (Phi) is 5.38. The Morgan fingerprint density at radius 2 is 2.05 bits per heavy atom. The monoisotopic (exact) mass is 351 g/mol. The molecule has 0 unspecified atom stereocenters. The number of hydrogen-bond donors (Lipinski definition) is 1. The number of benzene rings is 1. The summed E-state index contributed by atoms with van der Waals surface area (Å²) in [6.07, 6.45) is 3.58. The van der Waals surface area contributed by atoms with Crippen molar-refractivity contribution in [3.63, 3.8) is 0 Å². The van der Waals surface area contributed by atoms with E-state index in [1.165, 1.54) is 10.2 Å². The predicted octanol–water partition coefficient (Wildman–Crippen LogP) is 2.60. The Bertz CT molecular complexity index is 653. The van der Waals surface area contributed by atoms with Crippen molar-refractivity contribution in [1.29, 1.82) is 0 Å². The van der Waals surface area contributed by atoms with Gasteiger partial charge in [0.15, 0.2) is 0 Å². The van der Waals surface area contributed by atoms with Crippen molar-refractivity contribution in [1.82, 2.24) is 9.78 Å². The third-order valence-corrected chi connectivity index (χ3v) is 3.96. The molecule has 0 aliphatic rings. The van der Waals surface area contributed by atoms with Crippen molar-refractivity contribution in [3.05, 3.63) is 50.9 Å². The highest BCUT2D eigenvalue weighted by atomic mass is 79.9. The fourth-order valence-corrected chi connectivity index (χ4v) is 2.44. The minimum Gasteiger partial charge on any atom is -0.497 e. The average molecular weight is 352 g/mol. The summed E-state index contributed by atoms with van der Waals surface area (Å²) < 4.78 is 6.95. The maximum absolute atomic E-state index is 11.7. The smallest absolute Gasteiger partial charge is 0.282 e. The molecule has 0 spiro atoms. The highest BCUT2D eigenvalue weighted by Gasteiger charge is 2.05. The molecule has 2 rings (SSSR count). The van der Waals surface area contributed by atoms with Gasteiger partial charge in [-0.15, -0.1) is 0 Å². The van der Waals surface area contributed by atoms with Crippen molar-refractivity contribution in [2.75, 3.05) is 19.0 Å². The van der Waals surface area contributed by atoms with E-state index in [-0.39, 0.29) is 5.56 Å². The molecule has 112 valence electrons. The van der Waals surface area contributed by atoms with Crippen LogP contribution in [0.5, 0.6) is 5.75 Å². The predicted molar refractivity (Wildman–Crippen MR) is 87.0 cm³/mol. The van der Waals surface area contributed by atoms with Gasteiger partial charge in [0.1, 0.15) is 10.2 Å². The number of aryl methyl sites for hydroxylation is 2. The maximum Gasteiger partial charge on any atom is 0.282 e. The first-order valence-corrected chi connectivity index (χ1v) is 7.49. The third kappa shape index (κ3) is 4.07.